The van der Waals surface area contributed by atoms with Crippen LogP contribution in [0, 0.1) is 17.5 Å². The van der Waals surface area contributed by atoms with Gasteiger partial charge in [0.15, 0.2) is 4.90 Å². The van der Waals surface area contributed by atoms with Crippen LogP contribution in [-0.4, -0.2) is 24.6 Å². The van der Waals surface area contributed by atoms with E-state index in [1.54, 1.807) is 6.92 Å². The summed E-state index contributed by atoms with van der Waals surface area (Å²) in [4.78, 5) is -1.18. The van der Waals surface area contributed by atoms with E-state index >= 15 is 0 Å². The van der Waals surface area contributed by atoms with Gasteiger partial charge in [0, 0.05) is 22.8 Å². The smallest absolute Gasteiger partial charge is 0.207 e. The van der Waals surface area contributed by atoms with E-state index in [-0.39, 0.29) is 10.7 Å². The van der Waals surface area contributed by atoms with Crippen molar-refractivity contribution >= 4 is 41.9 Å². The average Bonchev–Trinajstić information content (AvgIpc) is 2.34. The summed E-state index contributed by atoms with van der Waals surface area (Å²) < 4.78 is 66.5. The molecule has 1 N–H and O–H groups in total. The Kier molecular flexibility index (Phi) is 6.06. The highest BCUT2D eigenvalue weighted by molar-refractivity contribution is 9.09. The minimum atomic E-state index is -4.46. The van der Waals surface area contributed by atoms with Gasteiger partial charge in [-0.3, -0.25) is 0 Å². The molecule has 1 aromatic carbocycles. The lowest BCUT2D eigenvalue weighted by Gasteiger charge is -2.29. The number of hydrogen-bond donors (Lipinski definition) is 1. The highest BCUT2D eigenvalue weighted by Crippen LogP contribution is 2.24. The first-order valence-corrected chi connectivity index (χ1v) is 9.24. The number of rotatable bonds is 6. The molecule has 114 valence electrons. The quantitative estimate of drug-likeness (QED) is 0.692. The van der Waals surface area contributed by atoms with Gasteiger partial charge in [-0.1, -0.05) is 38.8 Å². The molecular formula is C11H12Br2F3NO2S. The molecule has 0 amide bonds. The monoisotopic (exact) mass is 437 g/mol. The fourth-order valence-electron chi connectivity index (χ4n) is 1.47. The third-order valence-corrected chi connectivity index (χ3v) is 6.55. The maximum absolute atomic E-state index is 13.6. The van der Waals surface area contributed by atoms with Crippen LogP contribution in [0.25, 0.3) is 0 Å². The second-order valence-electron chi connectivity index (χ2n) is 4.21. The molecule has 0 saturated carbocycles. The van der Waals surface area contributed by atoms with E-state index in [4.69, 9.17) is 0 Å². The van der Waals surface area contributed by atoms with Crippen LogP contribution in [0.3, 0.4) is 0 Å². The van der Waals surface area contributed by atoms with Crippen molar-refractivity contribution in [3.05, 3.63) is 29.6 Å². The topological polar surface area (TPSA) is 46.2 Å². The van der Waals surface area contributed by atoms with Gasteiger partial charge in [-0.05, 0) is 6.42 Å². The molecule has 3 nitrogen and oxygen atoms in total. The van der Waals surface area contributed by atoms with Crippen LogP contribution in [0.2, 0.25) is 0 Å². The average molecular weight is 439 g/mol. The predicted octanol–water partition coefficient (Wildman–Crippen LogP) is 3.32. The Morgan fingerprint density at radius 3 is 1.95 bits per heavy atom. The van der Waals surface area contributed by atoms with Gasteiger partial charge in [0.05, 0.1) is 5.54 Å². The molecule has 0 aliphatic heterocycles. The highest BCUT2D eigenvalue weighted by atomic mass is 79.9. The van der Waals surface area contributed by atoms with Gasteiger partial charge in [-0.25, -0.2) is 26.3 Å². The van der Waals surface area contributed by atoms with Crippen LogP contribution in [-0.2, 0) is 10.0 Å². The van der Waals surface area contributed by atoms with E-state index in [9.17, 15) is 21.6 Å². The summed E-state index contributed by atoms with van der Waals surface area (Å²) in [5.41, 5.74) is -0.938. The van der Waals surface area contributed by atoms with Crippen molar-refractivity contribution < 1.29 is 21.6 Å². The molecule has 0 fully saturated rings. The molecular weight excluding hydrogens is 427 g/mol. The third kappa shape index (κ3) is 3.75. The summed E-state index contributed by atoms with van der Waals surface area (Å²) >= 11 is 6.33. The summed E-state index contributed by atoms with van der Waals surface area (Å²) in [6, 6.07) is 0.654. The molecule has 0 saturated heterocycles. The van der Waals surface area contributed by atoms with Gasteiger partial charge >= 0.3 is 0 Å². The number of sulfonamides is 1. The van der Waals surface area contributed by atoms with E-state index in [0.29, 0.717) is 18.6 Å². The van der Waals surface area contributed by atoms with Gasteiger partial charge in [-0.15, -0.1) is 0 Å². The van der Waals surface area contributed by atoms with Gasteiger partial charge in [0.25, 0.3) is 0 Å². The largest absolute Gasteiger partial charge is 0.246 e. The van der Waals surface area contributed by atoms with Crippen molar-refractivity contribution in [2.75, 3.05) is 10.7 Å². The van der Waals surface area contributed by atoms with E-state index in [1.165, 1.54) is 0 Å². The Morgan fingerprint density at radius 1 is 1.15 bits per heavy atom. The molecule has 0 atom stereocenters. The summed E-state index contributed by atoms with van der Waals surface area (Å²) in [6.45, 7) is 1.72. The zero-order valence-corrected chi connectivity index (χ0v) is 14.4. The van der Waals surface area contributed by atoms with Gasteiger partial charge in [0.1, 0.15) is 17.5 Å². The SMILES string of the molecule is CCC(CBr)(CBr)NS(=O)(=O)c1c(F)cc(F)cc1F. The molecule has 0 heterocycles. The highest BCUT2D eigenvalue weighted by Gasteiger charge is 2.35. The first-order valence-electron chi connectivity index (χ1n) is 5.52. The number of benzene rings is 1. The Labute approximate surface area is 132 Å². The van der Waals surface area contributed by atoms with Gasteiger partial charge in [-0.2, -0.15) is 0 Å². The standard InChI is InChI=1S/C11H12Br2F3NO2S/c1-2-11(5-12,6-13)17-20(18,19)10-8(15)3-7(14)4-9(10)16/h3-4,17H,2,5-6H2,1H3. The van der Waals surface area contributed by atoms with Crippen LogP contribution in [0.1, 0.15) is 13.3 Å². The lowest BCUT2D eigenvalue weighted by Crippen LogP contribution is -2.51. The Hall–Kier alpha value is -0.120. The summed E-state index contributed by atoms with van der Waals surface area (Å²) in [7, 11) is -4.46. The van der Waals surface area contributed by atoms with Crippen LogP contribution in [0.4, 0.5) is 13.2 Å². The van der Waals surface area contributed by atoms with Crippen LogP contribution in [0.5, 0.6) is 0 Å². The van der Waals surface area contributed by atoms with Crippen molar-refractivity contribution in [1.29, 1.82) is 0 Å². The third-order valence-electron chi connectivity index (χ3n) is 2.77. The van der Waals surface area contributed by atoms with Crippen molar-refractivity contribution in [3.8, 4) is 0 Å². The maximum Gasteiger partial charge on any atom is 0.246 e. The fourth-order valence-corrected chi connectivity index (χ4v) is 5.44. The van der Waals surface area contributed by atoms with Crippen molar-refractivity contribution in [2.24, 2.45) is 0 Å². The van der Waals surface area contributed by atoms with Crippen molar-refractivity contribution in [3.63, 3.8) is 0 Å². The van der Waals surface area contributed by atoms with E-state index in [2.05, 4.69) is 36.6 Å². The van der Waals surface area contributed by atoms with E-state index in [0.717, 1.165) is 0 Å². The van der Waals surface area contributed by atoms with Crippen LogP contribution in [0.15, 0.2) is 17.0 Å². The second-order valence-corrected chi connectivity index (χ2v) is 6.95. The van der Waals surface area contributed by atoms with Gasteiger partial charge < -0.3 is 0 Å². The normalized spacial score (nSPS) is 12.7. The number of halogens is 5. The minimum absolute atomic E-state index is 0.241. The van der Waals surface area contributed by atoms with Crippen molar-refractivity contribution in [2.45, 2.75) is 23.8 Å². The predicted molar refractivity (Wildman–Crippen MR) is 77.2 cm³/mol. The molecule has 1 aromatic rings. The molecule has 9 heteroatoms. The van der Waals surface area contributed by atoms with Crippen LogP contribution >= 0.6 is 31.9 Å². The lowest BCUT2D eigenvalue weighted by molar-refractivity contribution is 0.448. The molecule has 0 unspecified atom stereocenters. The van der Waals surface area contributed by atoms with Crippen molar-refractivity contribution in [1.82, 2.24) is 4.72 Å². The summed E-state index contributed by atoms with van der Waals surface area (Å²) in [5, 5.41) is 0.483. The Morgan fingerprint density at radius 2 is 1.60 bits per heavy atom. The Bertz CT molecular complexity index is 560. The fraction of sp³-hybridized carbons (Fsp3) is 0.455. The van der Waals surface area contributed by atoms with Gasteiger partial charge in [0.2, 0.25) is 10.0 Å². The zero-order chi connectivity index (χ0) is 15.6. The Balaban J connectivity index is 3.32. The molecule has 0 aliphatic carbocycles. The summed E-state index contributed by atoms with van der Waals surface area (Å²) in [5.74, 6) is -4.12. The molecule has 0 radical (unpaired) electrons. The lowest BCUT2D eigenvalue weighted by atomic mass is 10.0. The molecule has 0 aliphatic rings. The molecule has 1 rings (SSSR count). The molecule has 0 bridgehead atoms. The first kappa shape index (κ1) is 17.9. The number of hydrogen-bond acceptors (Lipinski definition) is 2. The van der Waals surface area contributed by atoms with E-state index in [1.807, 2.05) is 0 Å². The molecule has 0 spiro atoms. The number of alkyl halides is 2. The minimum Gasteiger partial charge on any atom is -0.207 e. The number of nitrogens with one attached hydrogen (secondary N) is 1. The molecule has 0 aromatic heterocycles. The maximum atomic E-state index is 13.6. The first-order chi connectivity index (χ1) is 9.21. The van der Waals surface area contributed by atoms with E-state index < -0.39 is 37.9 Å². The molecule has 20 heavy (non-hydrogen) atoms. The summed E-state index contributed by atoms with van der Waals surface area (Å²) in [6.07, 6.45) is 0.382. The van der Waals surface area contributed by atoms with Crippen LogP contribution < -0.4 is 4.72 Å². The second kappa shape index (κ2) is 6.76. The zero-order valence-electron chi connectivity index (χ0n) is 10.4.